The lowest BCUT2D eigenvalue weighted by Crippen LogP contribution is -2.44. The van der Waals surface area contributed by atoms with Gasteiger partial charge in [0.05, 0.1) is 22.6 Å². The minimum Gasteiger partial charge on any atom is -0.369 e. The fourth-order valence-corrected chi connectivity index (χ4v) is 5.17. The number of hydrogen-bond acceptors (Lipinski definition) is 6. The molecule has 3 aromatic rings. The molecule has 0 radical (unpaired) electrons. The van der Waals surface area contributed by atoms with E-state index in [-0.39, 0.29) is 0 Å². The molecule has 10 heteroatoms. The van der Waals surface area contributed by atoms with Gasteiger partial charge in [0.2, 0.25) is 0 Å². The van der Waals surface area contributed by atoms with E-state index in [0.717, 1.165) is 18.8 Å². The number of rotatable bonds is 5. The molecule has 0 aliphatic carbocycles. The zero-order valence-corrected chi connectivity index (χ0v) is 18.5. The number of anilines is 3. The first-order valence-electron chi connectivity index (χ1n) is 10.0. The van der Waals surface area contributed by atoms with E-state index in [1.807, 2.05) is 6.07 Å². The number of hydrogen-bond donors (Lipinski definition) is 4. The average molecular weight is 432 g/mol. The van der Waals surface area contributed by atoms with Crippen LogP contribution in [0.5, 0.6) is 0 Å². The lowest BCUT2D eigenvalue weighted by molar-refractivity contribution is 0.357. The van der Waals surface area contributed by atoms with Crippen LogP contribution in [-0.4, -0.2) is 55.1 Å². The Labute approximate surface area is 176 Å². The normalized spacial score (nSPS) is 21.4. The number of aromatic amines is 1. The Kier molecular flexibility index (Phi) is 5.03. The average Bonchev–Trinajstić information content (AvgIpc) is 3.17. The Morgan fingerprint density at radius 2 is 1.93 bits per heavy atom. The summed E-state index contributed by atoms with van der Waals surface area (Å²) in [6.45, 7) is 6.37. The van der Waals surface area contributed by atoms with Crippen LogP contribution in [0, 0.1) is 11.8 Å². The molecule has 4 N–H and O–H groups in total. The van der Waals surface area contributed by atoms with E-state index in [9.17, 15) is 8.76 Å². The molecule has 0 spiro atoms. The Bertz CT molecular complexity index is 1130. The van der Waals surface area contributed by atoms with Crippen LogP contribution >= 0.6 is 0 Å². The van der Waals surface area contributed by atoms with Gasteiger partial charge in [0, 0.05) is 26.4 Å². The van der Waals surface area contributed by atoms with Gasteiger partial charge in [-0.05, 0) is 36.5 Å². The van der Waals surface area contributed by atoms with Crippen molar-refractivity contribution in [3.05, 3.63) is 30.9 Å². The second-order valence-electron chi connectivity index (χ2n) is 8.47. The molecule has 1 saturated heterocycles. The lowest BCUT2D eigenvalue weighted by atomic mass is 9.91. The summed E-state index contributed by atoms with van der Waals surface area (Å²) >= 11 is 0. The predicted molar refractivity (Wildman–Crippen MR) is 121 cm³/mol. The summed E-state index contributed by atoms with van der Waals surface area (Å²) in [7, 11) is -2.67. The maximum atomic E-state index is 13.1. The molecule has 4 rings (SSSR count). The van der Waals surface area contributed by atoms with Crippen molar-refractivity contribution in [1.29, 1.82) is 0 Å². The second-order valence-corrected chi connectivity index (χ2v) is 11.9. The van der Waals surface area contributed by atoms with Gasteiger partial charge in [-0.3, -0.25) is 4.55 Å². The SMILES string of the molecule is CNS(C)(=O)(O)c1ccc(N2CC(C)CC(C)C2)c(Nc2ncnc3nc[nH]c23)c1. The molecular formula is C20H29N7O2S. The van der Waals surface area contributed by atoms with Crippen molar-refractivity contribution >= 4 is 37.9 Å². The van der Waals surface area contributed by atoms with Gasteiger partial charge in [-0.15, -0.1) is 9.53 Å². The summed E-state index contributed by atoms with van der Waals surface area (Å²) in [6, 6.07) is 5.37. The van der Waals surface area contributed by atoms with Gasteiger partial charge in [0.25, 0.3) is 0 Å². The van der Waals surface area contributed by atoms with Crippen molar-refractivity contribution in [3.63, 3.8) is 0 Å². The monoisotopic (exact) mass is 431 g/mol. The Hall–Kier alpha value is -2.56. The van der Waals surface area contributed by atoms with Gasteiger partial charge >= 0.3 is 0 Å². The van der Waals surface area contributed by atoms with E-state index >= 15 is 0 Å². The van der Waals surface area contributed by atoms with Gasteiger partial charge in [-0.25, -0.2) is 19.7 Å². The van der Waals surface area contributed by atoms with Crippen molar-refractivity contribution in [2.45, 2.75) is 25.2 Å². The number of nitrogens with zero attached hydrogens (tertiary/aromatic N) is 4. The van der Waals surface area contributed by atoms with Crippen LogP contribution < -0.4 is 14.9 Å². The topological polar surface area (TPSA) is 119 Å². The largest absolute Gasteiger partial charge is 0.369 e. The molecule has 2 unspecified atom stereocenters. The van der Waals surface area contributed by atoms with Gasteiger partial charge in [-0.2, -0.15) is 4.21 Å². The molecule has 0 saturated carbocycles. The fourth-order valence-electron chi connectivity index (χ4n) is 4.15. The Balaban J connectivity index is 1.82. The van der Waals surface area contributed by atoms with E-state index in [4.69, 9.17) is 0 Å². The van der Waals surface area contributed by atoms with Gasteiger partial charge in [0.15, 0.2) is 11.5 Å². The minimum atomic E-state index is -4.16. The lowest BCUT2D eigenvalue weighted by Gasteiger charge is -2.40. The second kappa shape index (κ2) is 7.29. The smallest absolute Gasteiger partial charge is 0.182 e. The number of H-pyrrole nitrogens is 1. The van der Waals surface area contributed by atoms with E-state index in [2.05, 4.69) is 48.7 Å². The summed E-state index contributed by atoms with van der Waals surface area (Å²) in [5.74, 6) is 1.70. The highest BCUT2D eigenvalue weighted by Crippen LogP contribution is 2.38. The highest BCUT2D eigenvalue weighted by atomic mass is 32.3. The number of aromatic nitrogens is 4. The van der Waals surface area contributed by atoms with Crippen molar-refractivity contribution in [1.82, 2.24) is 24.7 Å². The van der Waals surface area contributed by atoms with Gasteiger partial charge in [0.1, 0.15) is 11.8 Å². The quantitative estimate of drug-likeness (QED) is 0.490. The zero-order valence-electron chi connectivity index (χ0n) is 17.7. The summed E-state index contributed by atoms with van der Waals surface area (Å²) < 4.78 is 26.4. The van der Waals surface area contributed by atoms with E-state index in [1.165, 1.54) is 26.1 Å². The first kappa shape index (κ1) is 20.7. The summed E-state index contributed by atoms with van der Waals surface area (Å²) in [5, 5.41) is 3.36. The predicted octanol–water partition coefficient (Wildman–Crippen LogP) is 3.00. The third kappa shape index (κ3) is 3.90. The van der Waals surface area contributed by atoms with E-state index in [0.29, 0.717) is 39.4 Å². The number of fused-ring (bicyclic) bond motifs is 1. The summed E-state index contributed by atoms with van der Waals surface area (Å²) in [6.07, 6.45) is 5.53. The van der Waals surface area contributed by atoms with E-state index in [1.54, 1.807) is 18.5 Å². The molecule has 1 fully saturated rings. The molecule has 2 aromatic heterocycles. The summed E-state index contributed by atoms with van der Waals surface area (Å²) in [4.78, 5) is 18.4. The molecule has 0 bridgehead atoms. The molecular weight excluding hydrogens is 402 g/mol. The van der Waals surface area contributed by atoms with E-state index < -0.39 is 9.53 Å². The molecule has 1 aliphatic heterocycles. The fraction of sp³-hybridized carbons (Fsp3) is 0.450. The maximum absolute atomic E-state index is 13.1. The van der Waals surface area contributed by atoms with Gasteiger partial charge < -0.3 is 15.2 Å². The van der Waals surface area contributed by atoms with Crippen molar-refractivity contribution in [2.75, 3.05) is 36.6 Å². The van der Waals surface area contributed by atoms with Gasteiger partial charge in [-0.1, -0.05) is 13.8 Å². The highest BCUT2D eigenvalue weighted by molar-refractivity contribution is 8.12. The molecule has 2 atom stereocenters. The number of nitrogens with one attached hydrogen (secondary N) is 3. The Morgan fingerprint density at radius 3 is 2.63 bits per heavy atom. The van der Waals surface area contributed by atoms with Crippen LogP contribution in [0.25, 0.3) is 11.2 Å². The number of benzene rings is 1. The molecule has 0 amide bonds. The van der Waals surface area contributed by atoms with Crippen LogP contribution in [0.1, 0.15) is 20.3 Å². The standard InChI is InChI=1S/C20H29N7O2S/c1-13-7-14(2)10-27(9-13)17-6-5-15(30(4,28,29)21-3)8-16(17)26-20-18-19(23-11-22-18)24-12-25-20/h5-6,8,11-14H,7,9-10H2,1-4H3,(H2,21,28,29)(H2,22,23,24,25,26). The first-order chi connectivity index (χ1) is 14.1. The van der Waals surface area contributed by atoms with Crippen molar-refractivity contribution in [2.24, 2.45) is 11.8 Å². The van der Waals surface area contributed by atoms with Crippen molar-refractivity contribution < 1.29 is 8.76 Å². The molecule has 3 heterocycles. The third-order valence-electron chi connectivity index (χ3n) is 5.69. The molecule has 9 nitrogen and oxygen atoms in total. The minimum absolute atomic E-state index is 0.314. The Morgan fingerprint density at radius 1 is 1.20 bits per heavy atom. The molecule has 1 aliphatic rings. The maximum Gasteiger partial charge on any atom is 0.182 e. The van der Waals surface area contributed by atoms with Crippen LogP contribution in [-0.2, 0) is 9.53 Å². The zero-order chi connectivity index (χ0) is 21.5. The molecule has 162 valence electrons. The van der Waals surface area contributed by atoms with Crippen LogP contribution in [0.3, 0.4) is 0 Å². The van der Waals surface area contributed by atoms with Crippen LogP contribution in [0.4, 0.5) is 17.2 Å². The van der Waals surface area contributed by atoms with Crippen LogP contribution in [0.2, 0.25) is 0 Å². The van der Waals surface area contributed by atoms with Crippen molar-refractivity contribution in [3.8, 4) is 0 Å². The first-order valence-corrected chi connectivity index (χ1v) is 12.4. The summed E-state index contributed by atoms with van der Waals surface area (Å²) in [5.41, 5.74) is 2.93. The molecule has 30 heavy (non-hydrogen) atoms. The number of imidazole rings is 1. The number of piperidine rings is 1. The molecule has 1 aromatic carbocycles. The third-order valence-corrected chi connectivity index (χ3v) is 8.02. The van der Waals surface area contributed by atoms with Crippen LogP contribution in [0.15, 0.2) is 35.7 Å². The highest BCUT2D eigenvalue weighted by Gasteiger charge is 2.27.